The van der Waals surface area contributed by atoms with Crippen LogP contribution < -0.4 is 14.5 Å². The van der Waals surface area contributed by atoms with Gasteiger partial charge in [0.05, 0.1) is 37.5 Å². The molecule has 5 nitrogen and oxygen atoms in total. The van der Waals surface area contributed by atoms with Crippen LogP contribution in [-0.2, 0) is 0 Å². The minimum atomic E-state index is -0.0606. The molecule has 1 amide bonds. The van der Waals surface area contributed by atoms with Crippen molar-refractivity contribution in [2.45, 2.75) is 13.3 Å². The van der Waals surface area contributed by atoms with Gasteiger partial charge in [0.15, 0.2) is 5.13 Å². The molecule has 3 aromatic rings. The summed E-state index contributed by atoms with van der Waals surface area (Å²) in [6.07, 6.45) is 0.891. The third-order valence-electron chi connectivity index (χ3n) is 4.29. The molecule has 0 aliphatic heterocycles. The minimum absolute atomic E-state index is 0.0606. The van der Waals surface area contributed by atoms with E-state index in [1.807, 2.05) is 25.1 Å². The van der Waals surface area contributed by atoms with Crippen LogP contribution in [0, 0.1) is 0 Å². The second-order valence-corrected chi connectivity index (χ2v) is 8.28. The molecule has 0 radical (unpaired) electrons. The quantitative estimate of drug-likeness (QED) is 0.608. The van der Waals surface area contributed by atoms with Crippen LogP contribution in [0.1, 0.15) is 23.7 Å². The molecule has 28 heavy (non-hydrogen) atoms. The number of thiazole rings is 1. The Bertz CT molecular complexity index is 940. The summed E-state index contributed by atoms with van der Waals surface area (Å²) in [7, 11) is 4.22. The molecule has 0 saturated carbocycles. The van der Waals surface area contributed by atoms with Gasteiger partial charge in [-0.25, -0.2) is 4.98 Å². The average Bonchev–Trinajstić information content (AvgIpc) is 3.08. The molecule has 0 aliphatic carbocycles. The molecule has 0 saturated heterocycles. The lowest BCUT2D eigenvalue weighted by Crippen LogP contribution is -3.05. The molecule has 1 heterocycles. The number of carbonyl (C=O) groups excluding carboxylic acids is 1. The second-order valence-electron chi connectivity index (χ2n) is 6.83. The second kappa shape index (κ2) is 9.37. The van der Waals surface area contributed by atoms with Crippen molar-refractivity contribution in [2.24, 2.45) is 0 Å². The van der Waals surface area contributed by atoms with Crippen LogP contribution in [0.4, 0.5) is 5.13 Å². The van der Waals surface area contributed by atoms with E-state index in [-0.39, 0.29) is 5.91 Å². The SMILES string of the molecule is CCOc1ccc2nc(N(CCC[NH+](C)C)C(=O)c3ccc(Cl)cc3)sc2c1. The molecule has 1 aromatic heterocycles. The van der Waals surface area contributed by atoms with E-state index in [0.717, 1.165) is 28.9 Å². The zero-order valence-electron chi connectivity index (χ0n) is 16.4. The molecular formula is C21H25ClN3O2S+. The van der Waals surface area contributed by atoms with Crippen molar-refractivity contribution in [1.82, 2.24) is 4.98 Å². The summed E-state index contributed by atoms with van der Waals surface area (Å²) < 4.78 is 6.59. The summed E-state index contributed by atoms with van der Waals surface area (Å²) in [5, 5.41) is 1.32. The molecule has 0 bridgehead atoms. The summed E-state index contributed by atoms with van der Waals surface area (Å²) in [6, 6.07) is 12.8. The van der Waals surface area contributed by atoms with Crippen molar-refractivity contribution in [3.05, 3.63) is 53.1 Å². The normalized spacial score (nSPS) is 11.2. The zero-order chi connectivity index (χ0) is 20.1. The number of amides is 1. The van der Waals surface area contributed by atoms with Gasteiger partial charge in [-0.2, -0.15) is 0 Å². The third-order valence-corrected chi connectivity index (χ3v) is 5.58. The van der Waals surface area contributed by atoms with Gasteiger partial charge < -0.3 is 9.64 Å². The topological polar surface area (TPSA) is 46.9 Å². The Balaban J connectivity index is 1.92. The van der Waals surface area contributed by atoms with Gasteiger partial charge in [-0.05, 0) is 49.4 Å². The maximum atomic E-state index is 13.2. The monoisotopic (exact) mass is 418 g/mol. The van der Waals surface area contributed by atoms with Crippen molar-refractivity contribution in [2.75, 3.05) is 38.7 Å². The van der Waals surface area contributed by atoms with Gasteiger partial charge in [0.1, 0.15) is 5.75 Å². The molecule has 7 heteroatoms. The molecular weight excluding hydrogens is 394 g/mol. The number of quaternary nitrogens is 1. The molecule has 3 rings (SSSR count). The summed E-state index contributed by atoms with van der Waals surface area (Å²) in [4.78, 5) is 21.0. The standard InChI is InChI=1S/C21H24ClN3O2S/c1-4-27-17-10-11-18-19(14-17)28-21(23-18)25(13-5-12-24(2)3)20(26)15-6-8-16(22)9-7-15/h6-11,14H,4-5,12-13H2,1-3H3/p+1. The number of hydrogen-bond acceptors (Lipinski definition) is 4. The van der Waals surface area contributed by atoms with Crippen LogP contribution in [0.15, 0.2) is 42.5 Å². The number of carbonyl (C=O) groups is 1. The zero-order valence-corrected chi connectivity index (χ0v) is 17.9. The van der Waals surface area contributed by atoms with Crippen molar-refractivity contribution < 1.29 is 14.4 Å². The van der Waals surface area contributed by atoms with Gasteiger partial charge in [0, 0.05) is 23.6 Å². The Morgan fingerprint density at radius 3 is 2.64 bits per heavy atom. The highest BCUT2D eigenvalue weighted by Crippen LogP contribution is 2.32. The summed E-state index contributed by atoms with van der Waals surface area (Å²) in [5.74, 6) is 0.756. The predicted octanol–water partition coefficient (Wildman–Crippen LogP) is 3.53. The molecule has 1 N–H and O–H groups in total. The van der Waals surface area contributed by atoms with Gasteiger partial charge in [-0.15, -0.1) is 0 Å². The van der Waals surface area contributed by atoms with E-state index in [9.17, 15) is 4.79 Å². The van der Waals surface area contributed by atoms with E-state index in [1.165, 1.54) is 16.2 Å². The van der Waals surface area contributed by atoms with E-state index in [0.29, 0.717) is 28.9 Å². The Morgan fingerprint density at radius 2 is 1.96 bits per heavy atom. The lowest BCUT2D eigenvalue weighted by molar-refractivity contribution is -0.858. The summed E-state index contributed by atoms with van der Waals surface area (Å²) in [5.41, 5.74) is 1.48. The number of benzene rings is 2. The lowest BCUT2D eigenvalue weighted by Gasteiger charge is -2.20. The van der Waals surface area contributed by atoms with Gasteiger partial charge in [0.25, 0.3) is 5.91 Å². The fourth-order valence-electron chi connectivity index (χ4n) is 2.89. The van der Waals surface area contributed by atoms with Crippen LogP contribution in [0.3, 0.4) is 0 Å². The highest BCUT2D eigenvalue weighted by atomic mass is 35.5. The van der Waals surface area contributed by atoms with Gasteiger partial charge in [-0.3, -0.25) is 9.69 Å². The van der Waals surface area contributed by atoms with Gasteiger partial charge in [0.2, 0.25) is 0 Å². The van der Waals surface area contributed by atoms with Crippen molar-refractivity contribution in [3.8, 4) is 5.75 Å². The third kappa shape index (κ3) is 5.01. The van der Waals surface area contributed by atoms with Crippen LogP contribution in [0.5, 0.6) is 5.75 Å². The Kier molecular flexibility index (Phi) is 6.88. The van der Waals surface area contributed by atoms with Crippen LogP contribution in [-0.4, -0.2) is 44.7 Å². The number of anilines is 1. The van der Waals surface area contributed by atoms with E-state index < -0.39 is 0 Å². The number of rotatable bonds is 8. The fraction of sp³-hybridized carbons (Fsp3) is 0.333. The first-order valence-corrected chi connectivity index (χ1v) is 10.6. The molecule has 2 aromatic carbocycles. The minimum Gasteiger partial charge on any atom is -0.494 e. The highest BCUT2D eigenvalue weighted by Gasteiger charge is 2.21. The maximum absolute atomic E-state index is 13.2. The van der Waals surface area contributed by atoms with Crippen molar-refractivity contribution in [1.29, 1.82) is 0 Å². The first kappa shape index (κ1) is 20.6. The summed E-state index contributed by atoms with van der Waals surface area (Å²) in [6.45, 7) is 4.17. The highest BCUT2D eigenvalue weighted by molar-refractivity contribution is 7.22. The van der Waals surface area contributed by atoms with Crippen molar-refractivity contribution in [3.63, 3.8) is 0 Å². The number of nitrogens with one attached hydrogen (secondary N) is 1. The smallest absolute Gasteiger partial charge is 0.260 e. The Labute approximate surface area is 174 Å². The Morgan fingerprint density at radius 1 is 1.21 bits per heavy atom. The van der Waals surface area contributed by atoms with Crippen molar-refractivity contribution >= 4 is 44.2 Å². The first-order chi connectivity index (χ1) is 13.5. The van der Waals surface area contributed by atoms with Crippen LogP contribution in [0.2, 0.25) is 5.02 Å². The van der Waals surface area contributed by atoms with Crippen LogP contribution in [0.25, 0.3) is 10.2 Å². The molecule has 0 spiro atoms. The number of hydrogen-bond donors (Lipinski definition) is 1. The molecule has 0 fully saturated rings. The van der Waals surface area contributed by atoms with E-state index in [1.54, 1.807) is 29.2 Å². The fourth-order valence-corrected chi connectivity index (χ4v) is 4.03. The molecule has 0 aliphatic rings. The number of ether oxygens (including phenoxy) is 1. The molecule has 0 atom stereocenters. The maximum Gasteiger partial charge on any atom is 0.260 e. The lowest BCUT2D eigenvalue weighted by atomic mass is 10.2. The first-order valence-electron chi connectivity index (χ1n) is 9.37. The Hall–Kier alpha value is -2.15. The van der Waals surface area contributed by atoms with Gasteiger partial charge >= 0.3 is 0 Å². The van der Waals surface area contributed by atoms with E-state index >= 15 is 0 Å². The number of halogens is 1. The number of nitrogens with zero attached hydrogens (tertiary/aromatic N) is 2. The van der Waals surface area contributed by atoms with E-state index in [2.05, 4.69) is 14.1 Å². The molecule has 148 valence electrons. The largest absolute Gasteiger partial charge is 0.494 e. The molecule has 0 unspecified atom stereocenters. The van der Waals surface area contributed by atoms with Gasteiger partial charge in [-0.1, -0.05) is 22.9 Å². The van der Waals surface area contributed by atoms with E-state index in [4.69, 9.17) is 21.3 Å². The summed E-state index contributed by atoms with van der Waals surface area (Å²) >= 11 is 7.49. The van der Waals surface area contributed by atoms with Crippen LogP contribution >= 0.6 is 22.9 Å². The average molecular weight is 419 g/mol. The number of fused-ring (bicyclic) bond motifs is 1. The number of aromatic nitrogens is 1. The predicted molar refractivity (Wildman–Crippen MR) is 116 cm³/mol.